The summed E-state index contributed by atoms with van der Waals surface area (Å²) in [5, 5.41) is 3.43. The molecule has 0 amide bonds. The summed E-state index contributed by atoms with van der Waals surface area (Å²) < 4.78 is 5.00. The fourth-order valence-corrected chi connectivity index (χ4v) is 1.89. The van der Waals surface area contributed by atoms with Crippen molar-refractivity contribution in [3.8, 4) is 0 Å². The Hall–Kier alpha value is -1.51. The minimum absolute atomic E-state index is 0.263. The zero-order valence-corrected chi connectivity index (χ0v) is 12.4. The van der Waals surface area contributed by atoms with E-state index in [9.17, 15) is 4.79 Å². The molecule has 0 aliphatic rings. The van der Waals surface area contributed by atoms with Crippen molar-refractivity contribution in [3.63, 3.8) is 0 Å². The molecule has 0 radical (unpaired) electrons. The van der Waals surface area contributed by atoms with Gasteiger partial charge in [-0.3, -0.25) is 0 Å². The molecule has 0 aliphatic carbocycles. The van der Waals surface area contributed by atoms with Gasteiger partial charge in [-0.15, -0.1) is 0 Å². The van der Waals surface area contributed by atoms with E-state index in [-0.39, 0.29) is 5.97 Å². The van der Waals surface area contributed by atoms with Gasteiger partial charge in [0.15, 0.2) is 0 Å². The van der Waals surface area contributed by atoms with E-state index in [2.05, 4.69) is 26.1 Å². The summed E-state index contributed by atoms with van der Waals surface area (Å²) in [7, 11) is 0. The Labute approximate surface area is 116 Å². The summed E-state index contributed by atoms with van der Waals surface area (Å²) in [4.78, 5) is 11.6. The van der Waals surface area contributed by atoms with E-state index in [0.717, 1.165) is 18.0 Å². The van der Waals surface area contributed by atoms with Crippen molar-refractivity contribution in [2.75, 3.05) is 11.9 Å². The van der Waals surface area contributed by atoms with E-state index >= 15 is 0 Å². The second kappa shape index (κ2) is 7.82. The molecule has 0 aromatic heterocycles. The zero-order chi connectivity index (χ0) is 14.3. The van der Waals surface area contributed by atoms with Crippen LogP contribution in [0.3, 0.4) is 0 Å². The molecule has 0 bridgehead atoms. The number of hydrogen-bond donors (Lipinski definition) is 1. The lowest BCUT2D eigenvalue weighted by Gasteiger charge is -2.16. The van der Waals surface area contributed by atoms with Gasteiger partial charge in [0.2, 0.25) is 0 Å². The number of ether oxygens (including phenoxy) is 1. The van der Waals surface area contributed by atoms with E-state index in [1.165, 1.54) is 6.42 Å². The summed E-state index contributed by atoms with van der Waals surface area (Å²) in [6, 6.07) is 7.89. The first-order valence-electron chi connectivity index (χ1n) is 7.06. The van der Waals surface area contributed by atoms with Crippen LogP contribution in [0.15, 0.2) is 24.3 Å². The first kappa shape index (κ1) is 15.5. The van der Waals surface area contributed by atoms with Crippen molar-refractivity contribution in [1.82, 2.24) is 0 Å². The molecule has 1 unspecified atom stereocenters. The number of benzene rings is 1. The minimum Gasteiger partial charge on any atom is -0.462 e. The molecular formula is C16H25NO2. The molecule has 1 atom stereocenters. The normalized spacial score (nSPS) is 12.3. The number of rotatable bonds is 7. The van der Waals surface area contributed by atoms with Crippen molar-refractivity contribution in [3.05, 3.63) is 29.8 Å². The highest BCUT2D eigenvalue weighted by Gasteiger charge is 2.08. The van der Waals surface area contributed by atoms with E-state index in [0.29, 0.717) is 18.2 Å². The molecule has 0 aliphatic heterocycles. The third-order valence-electron chi connectivity index (χ3n) is 2.96. The molecule has 0 spiro atoms. The second-order valence-corrected chi connectivity index (χ2v) is 5.32. The lowest BCUT2D eigenvalue weighted by molar-refractivity contribution is 0.0526. The lowest BCUT2D eigenvalue weighted by atomic mass is 10.0. The predicted octanol–water partition coefficient (Wildman–Crippen LogP) is 4.10. The topological polar surface area (TPSA) is 38.3 Å². The Balaban J connectivity index is 2.59. The van der Waals surface area contributed by atoms with Crippen LogP contribution in [0.5, 0.6) is 0 Å². The molecule has 1 aromatic carbocycles. The Morgan fingerprint density at radius 1 is 1.26 bits per heavy atom. The molecule has 106 valence electrons. The molecule has 1 aromatic rings. The van der Waals surface area contributed by atoms with Crippen LogP contribution in [0.4, 0.5) is 5.69 Å². The molecule has 1 rings (SSSR count). The van der Waals surface area contributed by atoms with Gasteiger partial charge >= 0.3 is 5.97 Å². The zero-order valence-electron chi connectivity index (χ0n) is 12.4. The summed E-state index contributed by atoms with van der Waals surface area (Å²) in [6.07, 6.45) is 2.33. The van der Waals surface area contributed by atoms with Crippen molar-refractivity contribution < 1.29 is 9.53 Å². The maximum absolute atomic E-state index is 11.6. The van der Waals surface area contributed by atoms with Gasteiger partial charge < -0.3 is 10.1 Å². The predicted molar refractivity (Wildman–Crippen MR) is 79.6 cm³/mol. The molecule has 0 fully saturated rings. The van der Waals surface area contributed by atoms with Crippen molar-refractivity contribution >= 4 is 11.7 Å². The van der Waals surface area contributed by atoms with Gasteiger partial charge in [-0.2, -0.15) is 0 Å². The van der Waals surface area contributed by atoms with Crippen LogP contribution in [0, 0.1) is 5.92 Å². The molecule has 0 saturated heterocycles. The quantitative estimate of drug-likeness (QED) is 0.753. The van der Waals surface area contributed by atoms with E-state index in [1.807, 2.05) is 25.1 Å². The third-order valence-corrected chi connectivity index (χ3v) is 2.96. The fraction of sp³-hybridized carbons (Fsp3) is 0.562. The third kappa shape index (κ3) is 5.77. The number of anilines is 1. The summed E-state index contributed by atoms with van der Waals surface area (Å²) in [5.74, 6) is 0.455. The van der Waals surface area contributed by atoms with Gasteiger partial charge in [0, 0.05) is 11.7 Å². The smallest absolute Gasteiger partial charge is 0.338 e. The first-order valence-corrected chi connectivity index (χ1v) is 7.06. The Kier molecular flexibility index (Phi) is 6.40. The fourth-order valence-electron chi connectivity index (χ4n) is 1.89. The van der Waals surface area contributed by atoms with Crippen molar-refractivity contribution in [2.24, 2.45) is 5.92 Å². The number of carbonyl (C=O) groups excluding carboxylic acids is 1. The average Bonchev–Trinajstić information content (AvgIpc) is 2.37. The van der Waals surface area contributed by atoms with E-state index in [1.54, 1.807) is 6.07 Å². The monoisotopic (exact) mass is 263 g/mol. The highest BCUT2D eigenvalue weighted by Crippen LogP contribution is 2.15. The first-order chi connectivity index (χ1) is 9.02. The van der Waals surface area contributed by atoms with Crippen molar-refractivity contribution in [1.29, 1.82) is 0 Å². The molecule has 1 N–H and O–H groups in total. The summed E-state index contributed by atoms with van der Waals surface area (Å²) >= 11 is 0. The minimum atomic E-state index is -0.263. The molecular weight excluding hydrogens is 238 g/mol. The van der Waals surface area contributed by atoms with Crippen LogP contribution >= 0.6 is 0 Å². The van der Waals surface area contributed by atoms with Crippen LogP contribution < -0.4 is 5.32 Å². The second-order valence-electron chi connectivity index (χ2n) is 5.32. The molecule has 0 heterocycles. The number of hydrogen-bond acceptors (Lipinski definition) is 3. The van der Waals surface area contributed by atoms with Crippen LogP contribution in [0.1, 0.15) is 50.9 Å². The van der Waals surface area contributed by atoms with Gasteiger partial charge in [-0.05, 0) is 50.8 Å². The SMILES string of the molecule is CCOC(=O)c1cccc(NC(C)CCC(C)C)c1. The van der Waals surface area contributed by atoms with Gasteiger partial charge in [-0.1, -0.05) is 19.9 Å². The highest BCUT2D eigenvalue weighted by molar-refractivity contribution is 5.90. The summed E-state index contributed by atoms with van der Waals surface area (Å²) in [6.45, 7) is 8.84. The van der Waals surface area contributed by atoms with Gasteiger partial charge in [-0.25, -0.2) is 4.79 Å². The van der Waals surface area contributed by atoms with Gasteiger partial charge in [0.25, 0.3) is 0 Å². The average molecular weight is 263 g/mol. The number of esters is 1. The van der Waals surface area contributed by atoms with E-state index in [4.69, 9.17) is 4.74 Å². The largest absolute Gasteiger partial charge is 0.462 e. The standard InChI is InChI=1S/C16H25NO2/c1-5-19-16(18)14-7-6-8-15(11-14)17-13(4)10-9-12(2)3/h6-8,11-13,17H,5,9-10H2,1-4H3. The van der Waals surface area contributed by atoms with Crippen LogP contribution in [0.25, 0.3) is 0 Å². The van der Waals surface area contributed by atoms with Crippen LogP contribution in [-0.2, 0) is 4.74 Å². The Morgan fingerprint density at radius 2 is 2.00 bits per heavy atom. The van der Waals surface area contributed by atoms with Crippen LogP contribution in [-0.4, -0.2) is 18.6 Å². The van der Waals surface area contributed by atoms with Gasteiger partial charge in [0.1, 0.15) is 0 Å². The number of nitrogens with one attached hydrogen (secondary N) is 1. The highest BCUT2D eigenvalue weighted by atomic mass is 16.5. The Morgan fingerprint density at radius 3 is 2.63 bits per heavy atom. The van der Waals surface area contributed by atoms with E-state index < -0.39 is 0 Å². The van der Waals surface area contributed by atoms with Crippen LogP contribution in [0.2, 0.25) is 0 Å². The molecule has 3 nitrogen and oxygen atoms in total. The maximum atomic E-state index is 11.6. The summed E-state index contributed by atoms with van der Waals surface area (Å²) in [5.41, 5.74) is 1.57. The lowest BCUT2D eigenvalue weighted by Crippen LogP contribution is -2.16. The Bertz CT molecular complexity index is 401. The maximum Gasteiger partial charge on any atom is 0.338 e. The molecule has 0 saturated carbocycles. The van der Waals surface area contributed by atoms with Crippen molar-refractivity contribution in [2.45, 2.75) is 46.6 Å². The molecule has 19 heavy (non-hydrogen) atoms. The molecule has 3 heteroatoms. The number of carbonyl (C=O) groups is 1. The van der Waals surface area contributed by atoms with Gasteiger partial charge in [0.05, 0.1) is 12.2 Å².